The molecule has 1 unspecified atom stereocenters. The highest BCUT2D eigenvalue weighted by molar-refractivity contribution is 14.1. The minimum absolute atomic E-state index is 0.138. The predicted octanol–water partition coefficient (Wildman–Crippen LogP) is 2.20. The first-order chi connectivity index (χ1) is 9.62. The number of carbonyl (C=O) groups is 1. The molecule has 0 saturated heterocycles. The first-order valence-corrected chi connectivity index (χ1v) is 8.30. The van der Waals surface area contributed by atoms with Gasteiger partial charge in [-0.05, 0) is 61.2 Å². The van der Waals surface area contributed by atoms with Gasteiger partial charge in [0.1, 0.15) is 5.54 Å². The third kappa shape index (κ3) is 3.52. The van der Waals surface area contributed by atoms with Gasteiger partial charge >= 0.3 is 5.97 Å². The Balaban J connectivity index is 2.22. The zero-order valence-electron chi connectivity index (χ0n) is 12.1. The Morgan fingerprint density at radius 1 is 1.60 bits per heavy atom. The summed E-state index contributed by atoms with van der Waals surface area (Å²) < 4.78 is 8.26. The number of nitrogens with zero attached hydrogens (tertiary/aromatic N) is 2. The van der Waals surface area contributed by atoms with E-state index in [2.05, 4.69) is 39.9 Å². The molecule has 2 rings (SSSR count). The number of nitrogens with one attached hydrogen (secondary N) is 1. The van der Waals surface area contributed by atoms with Gasteiger partial charge in [0.05, 0.1) is 22.9 Å². The molecule has 1 aromatic rings. The number of carbonyl (C=O) groups excluding carboxylic acids is 1. The third-order valence-corrected chi connectivity index (χ3v) is 4.17. The number of hydrogen-bond acceptors (Lipinski definition) is 4. The molecule has 6 heteroatoms. The molecule has 1 atom stereocenters. The first kappa shape index (κ1) is 15.8. The van der Waals surface area contributed by atoms with Crippen molar-refractivity contribution in [2.75, 3.05) is 13.2 Å². The van der Waals surface area contributed by atoms with Crippen molar-refractivity contribution in [3.63, 3.8) is 0 Å². The van der Waals surface area contributed by atoms with Crippen LogP contribution in [0.2, 0.25) is 0 Å². The van der Waals surface area contributed by atoms with Crippen LogP contribution in [0.5, 0.6) is 0 Å². The summed E-state index contributed by atoms with van der Waals surface area (Å²) >= 11 is 2.23. The average molecular weight is 391 g/mol. The number of ether oxygens (including phenoxy) is 1. The van der Waals surface area contributed by atoms with Gasteiger partial charge in [0.25, 0.3) is 0 Å². The maximum absolute atomic E-state index is 12.5. The smallest absolute Gasteiger partial charge is 0.328 e. The lowest BCUT2D eigenvalue weighted by molar-refractivity contribution is -0.153. The summed E-state index contributed by atoms with van der Waals surface area (Å²) in [6.45, 7) is 5.73. The zero-order chi connectivity index (χ0) is 14.6. The Bertz CT molecular complexity index is 459. The van der Waals surface area contributed by atoms with Crippen LogP contribution in [0.1, 0.15) is 33.1 Å². The molecule has 1 heterocycles. The van der Waals surface area contributed by atoms with Crippen molar-refractivity contribution in [1.29, 1.82) is 0 Å². The summed E-state index contributed by atoms with van der Waals surface area (Å²) in [5, 5.41) is 7.77. The molecule has 0 aromatic carbocycles. The van der Waals surface area contributed by atoms with Crippen molar-refractivity contribution in [3.8, 4) is 0 Å². The monoisotopic (exact) mass is 391 g/mol. The van der Waals surface area contributed by atoms with E-state index in [1.54, 1.807) is 0 Å². The molecule has 5 nitrogen and oxygen atoms in total. The van der Waals surface area contributed by atoms with Gasteiger partial charge in [0, 0.05) is 6.20 Å². The second-order valence-corrected chi connectivity index (χ2v) is 6.49. The summed E-state index contributed by atoms with van der Waals surface area (Å²) in [6.07, 6.45) is 6.92. The molecule has 0 bridgehead atoms. The Kier molecular flexibility index (Phi) is 5.42. The van der Waals surface area contributed by atoms with Crippen LogP contribution in [0.15, 0.2) is 12.4 Å². The second-order valence-electron chi connectivity index (χ2n) is 5.25. The Labute approximate surface area is 133 Å². The van der Waals surface area contributed by atoms with Crippen molar-refractivity contribution in [2.24, 2.45) is 5.92 Å². The minimum atomic E-state index is -0.624. The molecule has 1 saturated carbocycles. The topological polar surface area (TPSA) is 56.2 Å². The van der Waals surface area contributed by atoms with E-state index in [-0.39, 0.29) is 5.97 Å². The molecule has 0 spiro atoms. The van der Waals surface area contributed by atoms with Crippen LogP contribution in [0.25, 0.3) is 0 Å². The van der Waals surface area contributed by atoms with Crippen molar-refractivity contribution in [2.45, 2.75) is 45.2 Å². The van der Waals surface area contributed by atoms with Gasteiger partial charge in [0.15, 0.2) is 0 Å². The number of esters is 1. The summed E-state index contributed by atoms with van der Waals surface area (Å²) in [5.41, 5.74) is -0.624. The van der Waals surface area contributed by atoms with Gasteiger partial charge in [-0.1, -0.05) is 6.92 Å². The lowest BCUT2D eigenvalue weighted by Crippen LogP contribution is -2.58. The van der Waals surface area contributed by atoms with Crippen LogP contribution in [-0.4, -0.2) is 34.4 Å². The van der Waals surface area contributed by atoms with E-state index in [0.717, 1.165) is 29.4 Å². The lowest BCUT2D eigenvalue weighted by Gasteiger charge is -2.32. The van der Waals surface area contributed by atoms with Crippen molar-refractivity contribution < 1.29 is 9.53 Å². The summed E-state index contributed by atoms with van der Waals surface area (Å²) in [4.78, 5) is 12.5. The van der Waals surface area contributed by atoms with Crippen molar-refractivity contribution in [3.05, 3.63) is 16.0 Å². The molecule has 1 aliphatic carbocycles. The van der Waals surface area contributed by atoms with Crippen LogP contribution >= 0.6 is 22.6 Å². The van der Waals surface area contributed by atoms with Gasteiger partial charge in [-0.2, -0.15) is 5.10 Å². The molecule has 1 fully saturated rings. The standard InChI is InChI=1S/C14H22IN3O2/c1-3-7-16-14(11-5-6-11,13(19)20-4-2)10-18-9-12(15)8-17-18/h8-9,11,16H,3-7,10H2,1-2H3. The predicted molar refractivity (Wildman–Crippen MR) is 85.3 cm³/mol. The Morgan fingerprint density at radius 2 is 2.35 bits per heavy atom. The highest BCUT2D eigenvalue weighted by atomic mass is 127. The molecular formula is C14H22IN3O2. The van der Waals surface area contributed by atoms with Crippen LogP contribution in [0, 0.1) is 9.49 Å². The van der Waals surface area contributed by atoms with Crippen LogP contribution in [0.3, 0.4) is 0 Å². The third-order valence-electron chi connectivity index (χ3n) is 3.62. The maximum atomic E-state index is 12.5. The largest absolute Gasteiger partial charge is 0.465 e. The molecule has 1 N–H and O–H groups in total. The fourth-order valence-electron chi connectivity index (χ4n) is 2.50. The molecule has 0 amide bonds. The molecule has 112 valence electrons. The molecule has 0 aliphatic heterocycles. The highest BCUT2D eigenvalue weighted by Crippen LogP contribution is 2.41. The molecule has 0 radical (unpaired) electrons. The Hall–Kier alpha value is -0.630. The van der Waals surface area contributed by atoms with Crippen LogP contribution < -0.4 is 5.32 Å². The van der Waals surface area contributed by atoms with Crippen LogP contribution in [-0.2, 0) is 16.1 Å². The van der Waals surface area contributed by atoms with Gasteiger partial charge in [0.2, 0.25) is 0 Å². The average Bonchev–Trinajstić information content (AvgIpc) is 3.19. The van der Waals surface area contributed by atoms with E-state index in [1.165, 1.54) is 0 Å². The fraction of sp³-hybridized carbons (Fsp3) is 0.714. The van der Waals surface area contributed by atoms with Gasteiger partial charge in [-0.15, -0.1) is 0 Å². The second kappa shape index (κ2) is 6.89. The lowest BCUT2D eigenvalue weighted by atomic mass is 9.92. The van der Waals surface area contributed by atoms with E-state index < -0.39 is 5.54 Å². The number of halogens is 1. The molecule has 1 aliphatic rings. The number of aromatic nitrogens is 2. The minimum Gasteiger partial charge on any atom is -0.465 e. The van der Waals surface area contributed by atoms with E-state index >= 15 is 0 Å². The quantitative estimate of drug-likeness (QED) is 0.546. The van der Waals surface area contributed by atoms with Gasteiger partial charge in [-0.25, -0.2) is 4.79 Å². The van der Waals surface area contributed by atoms with Crippen molar-refractivity contribution in [1.82, 2.24) is 15.1 Å². The molecule has 1 aromatic heterocycles. The van der Waals surface area contributed by atoms with E-state index in [4.69, 9.17) is 4.74 Å². The number of rotatable bonds is 8. The van der Waals surface area contributed by atoms with E-state index in [9.17, 15) is 4.79 Å². The molecular weight excluding hydrogens is 369 g/mol. The molecule has 20 heavy (non-hydrogen) atoms. The highest BCUT2D eigenvalue weighted by Gasteiger charge is 2.52. The maximum Gasteiger partial charge on any atom is 0.328 e. The zero-order valence-corrected chi connectivity index (χ0v) is 14.2. The van der Waals surface area contributed by atoms with Crippen molar-refractivity contribution >= 4 is 28.6 Å². The van der Waals surface area contributed by atoms with Gasteiger partial charge in [-0.3, -0.25) is 4.68 Å². The number of hydrogen-bond donors (Lipinski definition) is 1. The van der Waals surface area contributed by atoms with E-state index in [0.29, 0.717) is 19.1 Å². The fourth-order valence-corrected chi connectivity index (χ4v) is 2.94. The van der Waals surface area contributed by atoms with Gasteiger partial charge < -0.3 is 10.1 Å². The summed E-state index contributed by atoms with van der Waals surface area (Å²) in [7, 11) is 0. The normalized spacial score (nSPS) is 17.8. The SMILES string of the molecule is CCCNC(Cn1cc(I)cn1)(C(=O)OCC)C1CC1. The summed E-state index contributed by atoms with van der Waals surface area (Å²) in [6, 6.07) is 0. The van der Waals surface area contributed by atoms with Crippen LogP contribution in [0.4, 0.5) is 0 Å². The van der Waals surface area contributed by atoms with E-state index in [1.807, 2.05) is 24.0 Å². The summed E-state index contributed by atoms with van der Waals surface area (Å²) in [5.74, 6) is 0.219. The first-order valence-electron chi connectivity index (χ1n) is 7.22. The Morgan fingerprint density at radius 3 is 2.85 bits per heavy atom.